The lowest BCUT2D eigenvalue weighted by Crippen LogP contribution is -2.62. The quantitative estimate of drug-likeness (QED) is 0.537. The molecule has 2 heterocycles. The molecule has 1 saturated carbocycles. The van der Waals surface area contributed by atoms with Crippen molar-refractivity contribution in [1.29, 1.82) is 0 Å². The summed E-state index contributed by atoms with van der Waals surface area (Å²) in [5, 5.41) is 22.6. The highest BCUT2D eigenvalue weighted by Crippen LogP contribution is 2.48. The van der Waals surface area contributed by atoms with Crippen molar-refractivity contribution in [3.05, 3.63) is 63.1 Å². The topological polar surface area (TPSA) is 112 Å². The van der Waals surface area contributed by atoms with Crippen molar-refractivity contribution in [2.75, 3.05) is 13.2 Å². The van der Waals surface area contributed by atoms with Crippen LogP contribution in [0.1, 0.15) is 53.1 Å². The highest BCUT2D eigenvalue weighted by molar-refractivity contribution is 8.93. The Labute approximate surface area is 205 Å². The lowest BCUT2D eigenvalue weighted by molar-refractivity contribution is -0.0211. The second-order valence-corrected chi connectivity index (χ2v) is 9.07. The third-order valence-electron chi connectivity index (χ3n) is 6.54. The van der Waals surface area contributed by atoms with Gasteiger partial charge in [0.2, 0.25) is 5.43 Å². The third-order valence-corrected chi connectivity index (χ3v) is 6.54. The Morgan fingerprint density at radius 1 is 1.26 bits per heavy atom. The Morgan fingerprint density at radius 2 is 1.94 bits per heavy atom. The zero-order chi connectivity index (χ0) is 24.1. The number of fused-ring (bicyclic) bond motifs is 2. The molecule has 1 spiro atoms. The molecule has 0 bridgehead atoms. The van der Waals surface area contributed by atoms with Gasteiger partial charge in [0.25, 0.3) is 11.8 Å². The average Bonchev–Trinajstić information content (AvgIpc) is 2.73. The number of nitrogens with one attached hydrogen (secondary N) is 1. The zero-order valence-electron chi connectivity index (χ0n) is 18.7. The fraction of sp³-hybridized carbons (Fsp3) is 0.435. The van der Waals surface area contributed by atoms with E-state index in [-0.39, 0.29) is 53.4 Å². The smallest absolute Gasteiger partial charge is 0.274 e. The van der Waals surface area contributed by atoms with E-state index in [1.165, 1.54) is 16.8 Å². The summed E-state index contributed by atoms with van der Waals surface area (Å²) in [5.74, 6) is -3.80. The van der Waals surface area contributed by atoms with Crippen LogP contribution in [0, 0.1) is 17.6 Å². The molecule has 4 rings (SSSR count). The van der Waals surface area contributed by atoms with Gasteiger partial charge in [-0.15, -0.1) is 17.0 Å². The van der Waals surface area contributed by atoms with Crippen molar-refractivity contribution >= 4 is 28.8 Å². The van der Waals surface area contributed by atoms with Gasteiger partial charge in [-0.2, -0.15) is 0 Å². The summed E-state index contributed by atoms with van der Waals surface area (Å²) in [6.45, 7) is 3.64. The Balaban J connectivity index is 0.00000324. The van der Waals surface area contributed by atoms with Crippen molar-refractivity contribution in [3.8, 4) is 5.75 Å². The van der Waals surface area contributed by atoms with E-state index in [1.54, 1.807) is 4.90 Å². The molecule has 184 valence electrons. The minimum absolute atomic E-state index is 0. The van der Waals surface area contributed by atoms with Crippen LogP contribution >= 0.6 is 17.0 Å². The second kappa shape index (κ2) is 9.46. The van der Waals surface area contributed by atoms with Crippen molar-refractivity contribution < 1.29 is 28.6 Å². The van der Waals surface area contributed by atoms with Gasteiger partial charge in [-0.1, -0.05) is 6.07 Å². The Hall–Kier alpha value is -2.79. The lowest BCUT2D eigenvalue weighted by Gasteiger charge is -2.55. The number of carbonyl (C=O) groups is 2. The lowest BCUT2D eigenvalue weighted by atomic mass is 9.66. The number of pyridine rings is 1. The predicted octanol–water partition coefficient (Wildman–Crippen LogP) is 2.30. The van der Waals surface area contributed by atoms with E-state index in [2.05, 4.69) is 5.32 Å². The minimum Gasteiger partial charge on any atom is -0.503 e. The first-order chi connectivity index (χ1) is 15.6. The molecule has 0 atom stereocenters. The van der Waals surface area contributed by atoms with Crippen molar-refractivity contribution in [2.45, 2.75) is 44.8 Å². The highest BCUT2D eigenvalue weighted by atomic mass is 79.9. The highest BCUT2D eigenvalue weighted by Gasteiger charge is 2.52. The number of hydrogen-bond acceptors (Lipinski definition) is 5. The fourth-order valence-corrected chi connectivity index (χ4v) is 4.77. The maximum atomic E-state index is 13.9. The number of halogens is 3. The molecule has 8 nitrogen and oxygen atoms in total. The molecule has 1 aromatic heterocycles. The van der Waals surface area contributed by atoms with Gasteiger partial charge in [0, 0.05) is 43.6 Å². The molecule has 1 aromatic carbocycles. The maximum absolute atomic E-state index is 13.9. The molecule has 0 unspecified atom stereocenters. The molecule has 0 radical (unpaired) electrons. The Morgan fingerprint density at radius 3 is 2.53 bits per heavy atom. The first-order valence-electron chi connectivity index (χ1n) is 10.7. The first-order valence-corrected chi connectivity index (χ1v) is 10.7. The van der Waals surface area contributed by atoms with Gasteiger partial charge >= 0.3 is 0 Å². The van der Waals surface area contributed by atoms with Gasteiger partial charge in [0.15, 0.2) is 11.4 Å². The molecule has 3 N–H and O–H groups in total. The Kier molecular flexibility index (Phi) is 7.18. The molecule has 1 fully saturated rings. The molecule has 2 aliphatic rings. The standard InChI is InChI=1S/C23H25F2N3O5.BrH/c1-12(2)27-11-23(6-13(7-23)10-29)28-9-16(19(30)20(31)18(28)22(27)33)21(32)26-8-14-3-4-15(24)5-17(14)25;/h3-5,9,12-13,29,31H,6-8,10-11H2,1-2H3,(H,26,32);1H/t13-,23-;. The van der Waals surface area contributed by atoms with Crippen LogP contribution in [0.25, 0.3) is 0 Å². The fourth-order valence-electron chi connectivity index (χ4n) is 4.77. The number of amides is 2. The molecule has 1 aliphatic carbocycles. The van der Waals surface area contributed by atoms with Crippen LogP contribution in [0.3, 0.4) is 0 Å². The molecular formula is C23H26BrF2N3O5. The van der Waals surface area contributed by atoms with Crippen LogP contribution in [-0.2, 0) is 12.1 Å². The van der Waals surface area contributed by atoms with Gasteiger partial charge in [0.1, 0.15) is 17.2 Å². The number of carbonyl (C=O) groups excluding carboxylic acids is 2. The second-order valence-electron chi connectivity index (χ2n) is 9.07. The molecular weight excluding hydrogens is 516 g/mol. The number of benzene rings is 1. The summed E-state index contributed by atoms with van der Waals surface area (Å²) < 4.78 is 28.5. The number of aliphatic hydroxyl groups is 1. The Bertz CT molecular complexity index is 1190. The first kappa shape index (κ1) is 25.8. The monoisotopic (exact) mass is 541 g/mol. The zero-order valence-corrected chi connectivity index (χ0v) is 20.4. The van der Waals surface area contributed by atoms with E-state index < -0.39 is 45.7 Å². The van der Waals surface area contributed by atoms with Crippen LogP contribution in [0.4, 0.5) is 8.78 Å². The number of rotatable bonds is 5. The molecule has 2 amide bonds. The average molecular weight is 542 g/mol. The predicted molar refractivity (Wildman–Crippen MR) is 124 cm³/mol. The summed E-state index contributed by atoms with van der Waals surface area (Å²) in [7, 11) is 0. The van der Waals surface area contributed by atoms with Crippen LogP contribution in [-0.4, -0.2) is 50.7 Å². The van der Waals surface area contributed by atoms with E-state index in [1.807, 2.05) is 13.8 Å². The largest absolute Gasteiger partial charge is 0.503 e. The molecule has 1 aliphatic heterocycles. The summed E-state index contributed by atoms with van der Waals surface area (Å²) in [6, 6.07) is 2.73. The number of nitrogens with zero attached hydrogens (tertiary/aromatic N) is 2. The third kappa shape index (κ3) is 4.22. The molecule has 0 saturated heterocycles. The SMILES string of the molecule is Br.CC(C)N1C[C@]2(C[C@@H](CO)C2)n2cc(C(=O)NCc3ccc(F)cc3F)c(=O)c(O)c2C1=O. The molecule has 11 heteroatoms. The summed E-state index contributed by atoms with van der Waals surface area (Å²) in [4.78, 5) is 40.2. The van der Waals surface area contributed by atoms with E-state index in [0.29, 0.717) is 25.5 Å². The normalized spacial score (nSPS) is 21.2. The van der Waals surface area contributed by atoms with Gasteiger partial charge < -0.3 is 25.0 Å². The van der Waals surface area contributed by atoms with Crippen LogP contribution in [0.5, 0.6) is 5.75 Å². The van der Waals surface area contributed by atoms with E-state index >= 15 is 0 Å². The van der Waals surface area contributed by atoms with Crippen LogP contribution in [0.15, 0.2) is 29.2 Å². The van der Waals surface area contributed by atoms with E-state index in [4.69, 9.17) is 0 Å². The van der Waals surface area contributed by atoms with Crippen molar-refractivity contribution in [2.24, 2.45) is 5.92 Å². The molecule has 34 heavy (non-hydrogen) atoms. The molecule has 2 aromatic rings. The van der Waals surface area contributed by atoms with Crippen LogP contribution < -0.4 is 10.7 Å². The summed E-state index contributed by atoms with van der Waals surface area (Å²) in [5.41, 5.74) is -2.22. The van der Waals surface area contributed by atoms with Crippen molar-refractivity contribution in [1.82, 2.24) is 14.8 Å². The van der Waals surface area contributed by atoms with Gasteiger partial charge in [-0.3, -0.25) is 14.4 Å². The number of aromatic hydroxyl groups is 1. The van der Waals surface area contributed by atoms with E-state index in [0.717, 1.165) is 6.07 Å². The number of aromatic nitrogens is 1. The number of aliphatic hydroxyl groups excluding tert-OH is 1. The van der Waals surface area contributed by atoms with E-state index in [9.17, 15) is 33.4 Å². The van der Waals surface area contributed by atoms with Crippen molar-refractivity contribution in [3.63, 3.8) is 0 Å². The van der Waals surface area contributed by atoms with Gasteiger partial charge in [0.05, 0.1) is 5.54 Å². The summed E-state index contributed by atoms with van der Waals surface area (Å²) >= 11 is 0. The maximum Gasteiger partial charge on any atom is 0.274 e. The summed E-state index contributed by atoms with van der Waals surface area (Å²) in [6.07, 6.45) is 2.28. The van der Waals surface area contributed by atoms with Crippen LogP contribution in [0.2, 0.25) is 0 Å². The minimum atomic E-state index is -1.01. The number of hydrogen-bond donors (Lipinski definition) is 3. The van der Waals surface area contributed by atoms with Gasteiger partial charge in [-0.25, -0.2) is 8.78 Å². The van der Waals surface area contributed by atoms with Gasteiger partial charge in [-0.05, 0) is 38.7 Å².